The summed E-state index contributed by atoms with van der Waals surface area (Å²) in [4.78, 5) is 30.9. The number of nitrogens with one attached hydrogen (secondary N) is 1. The lowest BCUT2D eigenvalue weighted by atomic mass is 10.0. The summed E-state index contributed by atoms with van der Waals surface area (Å²) in [6.45, 7) is 6.01. The second-order valence-electron chi connectivity index (χ2n) is 6.43. The largest absolute Gasteiger partial charge is 0.300 e. The van der Waals surface area contributed by atoms with Gasteiger partial charge in [0.1, 0.15) is 10.9 Å². The minimum absolute atomic E-state index is 0.118. The molecule has 0 spiro atoms. The minimum Gasteiger partial charge on any atom is -0.300 e. The van der Waals surface area contributed by atoms with Gasteiger partial charge >= 0.3 is 0 Å². The fraction of sp³-hybridized carbons (Fsp3) is 0.263. The van der Waals surface area contributed by atoms with Gasteiger partial charge < -0.3 is 5.32 Å². The number of aromatic nitrogens is 1. The van der Waals surface area contributed by atoms with E-state index in [0.717, 1.165) is 11.3 Å². The van der Waals surface area contributed by atoms with Crippen molar-refractivity contribution in [3.8, 4) is 0 Å². The van der Waals surface area contributed by atoms with Crippen LogP contribution in [-0.4, -0.2) is 32.6 Å². The maximum absolute atomic E-state index is 12.6. The van der Waals surface area contributed by atoms with Crippen LogP contribution in [0, 0.1) is 6.92 Å². The van der Waals surface area contributed by atoms with Crippen molar-refractivity contribution in [2.24, 2.45) is 0 Å². The Morgan fingerprint density at radius 2 is 2.04 bits per heavy atom. The van der Waals surface area contributed by atoms with Crippen molar-refractivity contribution in [2.45, 2.75) is 26.7 Å². The summed E-state index contributed by atoms with van der Waals surface area (Å²) in [6.07, 6.45) is 1.81. The first-order valence-corrected chi connectivity index (χ1v) is 10.5. The van der Waals surface area contributed by atoms with Gasteiger partial charge in [0.25, 0.3) is 5.91 Å². The van der Waals surface area contributed by atoms with E-state index in [0.29, 0.717) is 20.3 Å². The molecule has 140 valence electrons. The van der Waals surface area contributed by atoms with Gasteiger partial charge in [0.2, 0.25) is 5.91 Å². The normalized spacial score (nSPS) is 15.9. The van der Waals surface area contributed by atoms with Crippen LogP contribution >= 0.6 is 35.3 Å². The smallest absolute Gasteiger partial charge is 0.266 e. The number of aryl methyl sites for hydroxylation is 1. The molecule has 1 N–H and O–H groups in total. The second-order valence-corrected chi connectivity index (χ2v) is 8.97. The van der Waals surface area contributed by atoms with E-state index in [4.69, 9.17) is 12.2 Å². The fourth-order valence-corrected chi connectivity index (χ4v) is 4.44. The SMILES string of the molecule is Cc1csc(NC(=O)CN2C(=O)/C(=C/c3ccc(C(C)C)cc3)SC2=S)n1. The third-order valence-corrected chi connectivity index (χ3v) is 6.19. The molecular formula is C19H19N3O2S3. The summed E-state index contributed by atoms with van der Waals surface area (Å²) >= 11 is 7.85. The van der Waals surface area contributed by atoms with Crippen molar-refractivity contribution in [1.29, 1.82) is 0 Å². The van der Waals surface area contributed by atoms with Gasteiger partial charge in [-0.25, -0.2) is 4.98 Å². The molecule has 2 amide bonds. The van der Waals surface area contributed by atoms with E-state index in [-0.39, 0.29) is 18.4 Å². The molecular weight excluding hydrogens is 398 g/mol. The number of hydrogen-bond acceptors (Lipinski definition) is 6. The number of thiocarbonyl (C=S) groups is 1. The van der Waals surface area contributed by atoms with Crippen LogP contribution in [0.3, 0.4) is 0 Å². The molecule has 3 rings (SSSR count). The zero-order valence-electron chi connectivity index (χ0n) is 15.2. The van der Waals surface area contributed by atoms with Gasteiger partial charge in [0.05, 0.1) is 10.6 Å². The molecule has 0 saturated carbocycles. The Kier molecular flexibility index (Phi) is 6.08. The van der Waals surface area contributed by atoms with Gasteiger partial charge in [0.15, 0.2) is 5.13 Å². The molecule has 1 aromatic heterocycles. The number of amides is 2. The monoisotopic (exact) mass is 417 g/mol. The third-order valence-electron chi connectivity index (χ3n) is 3.94. The van der Waals surface area contributed by atoms with Crippen LogP contribution in [0.4, 0.5) is 5.13 Å². The lowest BCUT2D eigenvalue weighted by molar-refractivity contribution is -0.126. The highest BCUT2D eigenvalue weighted by Crippen LogP contribution is 2.32. The van der Waals surface area contributed by atoms with E-state index in [2.05, 4.69) is 36.3 Å². The maximum Gasteiger partial charge on any atom is 0.266 e. The molecule has 2 heterocycles. The van der Waals surface area contributed by atoms with E-state index in [9.17, 15) is 9.59 Å². The summed E-state index contributed by atoms with van der Waals surface area (Å²) < 4.78 is 0.385. The molecule has 2 aromatic rings. The fourth-order valence-electron chi connectivity index (χ4n) is 2.48. The number of thioether (sulfide) groups is 1. The molecule has 0 aliphatic carbocycles. The highest BCUT2D eigenvalue weighted by atomic mass is 32.2. The first kappa shape index (κ1) is 19.7. The number of nitrogens with zero attached hydrogens (tertiary/aromatic N) is 2. The van der Waals surface area contributed by atoms with Crippen LogP contribution in [0.5, 0.6) is 0 Å². The molecule has 8 heteroatoms. The van der Waals surface area contributed by atoms with E-state index in [1.54, 1.807) is 0 Å². The maximum atomic E-state index is 12.6. The van der Waals surface area contributed by atoms with Crippen LogP contribution in [0.25, 0.3) is 6.08 Å². The van der Waals surface area contributed by atoms with Gasteiger partial charge in [0, 0.05) is 5.38 Å². The Morgan fingerprint density at radius 3 is 2.63 bits per heavy atom. The Morgan fingerprint density at radius 1 is 1.33 bits per heavy atom. The Labute approximate surface area is 171 Å². The molecule has 1 aliphatic heterocycles. The molecule has 0 atom stereocenters. The average molecular weight is 418 g/mol. The second kappa shape index (κ2) is 8.33. The average Bonchev–Trinajstić information content (AvgIpc) is 3.13. The van der Waals surface area contributed by atoms with Crippen LogP contribution in [0.1, 0.15) is 36.6 Å². The van der Waals surface area contributed by atoms with Gasteiger partial charge in [-0.3, -0.25) is 14.5 Å². The molecule has 1 aromatic carbocycles. The minimum atomic E-state index is -0.316. The van der Waals surface area contributed by atoms with Gasteiger partial charge in [-0.15, -0.1) is 11.3 Å². The molecule has 1 saturated heterocycles. The third kappa shape index (κ3) is 4.82. The van der Waals surface area contributed by atoms with Crippen LogP contribution in [-0.2, 0) is 9.59 Å². The first-order valence-electron chi connectivity index (χ1n) is 8.41. The predicted molar refractivity (Wildman–Crippen MR) is 116 cm³/mol. The molecule has 0 unspecified atom stereocenters. The number of thiazole rings is 1. The lowest BCUT2D eigenvalue weighted by Gasteiger charge is -2.13. The van der Waals surface area contributed by atoms with Crippen molar-refractivity contribution in [3.63, 3.8) is 0 Å². The van der Waals surface area contributed by atoms with Crippen molar-refractivity contribution in [3.05, 3.63) is 51.4 Å². The highest BCUT2D eigenvalue weighted by molar-refractivity contribution is 8.26. The predicted octanol–water partition coefficient (Wildman–Crippen LogP) is 4.41. The zero-order valence-corrected chi connectivity index (χ0v) is 17.6. The zero-order chi connectivity index (χ0) is 19.6. The van der Waals surface area contributed by atoms with E-state index < -0.39 is 0 Å². The van der Waals surface area contributed by atoms with Gasteiger partial charge in [-0.1, -0.05) is 62.1 Å². The summed E-state index contributed by atoms with van der Waals surface area (Å²) in [5.74, 6) is -0.107. The van der Waals surface area contributed by atoms with Gasteiger partial charge in [-0.05, 0) is 30.0 Å². The van der Waals surface area contributed by atoms with E-state index >= 15 is 0 Å². The topological polar surface area (TPSA) is 62.3 Å². The van der Waals surface area contributed by atoms with E-state index in [1.165, 1.54) is 33.6 Å². The summed E-state index contributed by atoms with van der Waals surface area (Å²) in [6, 6.07) is 8.08. The van der Waals surface area contributed by atoms with Crippen molar-refractivity contribution < 1.29 is 9.59 Å². The lowest BCUT2D eigenvalue weighted by Crippen LogP contribution is -2.36. The Hall–Kier alpha value is -2.03. The number of anilines is 1. The summed E-state index contributed by atoms with van der Waals surface area (Å²) in [7, 11) is 0. The molecule has 0 bridgehead atoms. The molecule has 1 fully saturated rings. The molecule has 5 nitrogen and oxygen atoms in total. The van der Waals surface area contributed by atoms with Crippen molar-refractivity contribution in [2.75, 3.05) is 11.9 Å². The van der Waals surface area contributed by atoms with Crippen molar-refractivity contribution in [1.82, 2.24) is 9.88 Å². The van der Waals surface area contributed by atoms with Gasteiger partial charge in [-0.2, -0.15) is 0 Å². The van der Waals surface area contributed by atoms with E-state index in [1.807, 2.05) is 30.5 Å². The number of benzene rings is 1. The highest BCUT2D eigenvalue weighted by Gasteiger charge is 2.33. The number of hydrogen-bond donors (Lipinski definition) is 1. The number of rotatable bonds is 5. The Bertz CT molecular complexity index is 917. The molecule has 1 aliphatic rings. The standard InChI is InChI=1S/C19H19N3O2S3/c1-11(2)14-6-4-13(5-7-14)8-15-17(24)22(19(25)27-15)9-16(23)21-18-20-12(3)10-26-18/h4-8,10-11H,9H2,1-3H3,(H,20,21,23)/b15-8-. The van der Waals surface area contributed by atoms with Crippen molar-refractivity contribution >= 4 is 62.7 Å². The first-order chi connectivity index (χ1) is 12.8. The van der Waals surface area contributed by atoms with Crippen LogP contribution in [0.15, 0.2) is 34.6 Å². The summed E-state index contributed by atoms with van der Waals surface area (Å²) in [5, 5.41) is 5.07. The summed E-state index contributed by atoms with van der Waals surface area (Å²) in [5.41, 5.74) is 3.02. The quantitative estimate of drug-likeness (QED) is 0.577. The molecule has 27 heavy (non-hydrogen) atoms. The van der Waals surface area contributed by atoms with Crippen LogP contribution in [0.2, 0.25) is 0 Å². The Balaban J connectivity index is 1.67. The molecule has 0 radical (unpaired) electrons. The number of carbonyl (C=O) groups excluding carboxylic acids is 2. The van der Waals surface area contributed by atoms with Crippen LogP contribution < -0.4 is 5.32 Å². The number of carbonyl (C=O) groups is 2.